The van der Waals surface area contributed by atoms with Crippen LogP contribution in [0.25, 0.3) is 0 Å². The second-order valence-electron chi connectivity index (χ2n) is 5.73. The highest BCUT2D eigenvalue weighted by atomic mass is 15.2. The molecule has 0 aliphatic carbocycles. The Hall–Kier alpha value is -1.80. The molecule has 1 aliphatic rings. The van der Waals surface area contributed by atoms with E-state index in [1.165, 1.54) is 22.5 Å². The van der Waals surface area contributed by atoms with Gasteiger partial charge in [0.1, 0.15) is 0 Å². The lowest BCUT2D eigenvalue weighted by atomic mass is 10.1. The summed E-state index contributed by atoms with van der Waals surface area (Å²) in [5.41, 5.74) is 5.46. The fourth-order valence-electron chi connectivity index (χ4n) is 2.72. The first-order valence-corrected chi connectivity index (χ1v) is 7.42. The van der Waals surface area contributed by atoms with Crippen molar-refractivity contribution in [1.29, 1.82) is 0 Å². The van der Waals surface area contributed by atoms with E-state index in [2.05, 4.69) is 72.6 Å². The zero-order valence-corrected chi connectivity index (χ0v) is 12.3. The lowest BCUT2D eigenvalue weighted by molar-refractivity contribution is 0.589. The lowest BCUT2D eigenvalue weighted by Gasteiger charge is -2.20. The molecule has 20 heavy (non-hydrogen) atoms. The molecule has 104 valence electrons. The summed E-state index contributed by atoms with van der Waals surface area (Å²) in [7, 11) is 0. The molecule has 2 heteroatoms. The quantitative estimate of drug-likeness (QED) is 0.903. The Kier molecular flexibility index (Phi) is 3.75. The molecule has 3 rings (SSSR count). The average Bonchev–Trinajstić information content (AvgIpc) is 2.89. The maximum atomic E-state index is 3.45. The first-order valence-electron chi connectivity index (χ1n) is 7.42. The van der Waals surface area contributed by atoms with E-state index in [4.69, 9.17) is 0 Å². The number of para-hydroxylation sites is 1. The van der Waals surface area contributed by atoms with E-state index in [0.717, 1.165) is 19.5 Å². The Labute approximate surface area is 121 Å². The first-order chi connectivity index (χ1) is 9.74. The minimum atomic E-state index is 0.528. The second kappa shape index (κ2) is 5.68. The summed E-state index contributed by atoms with van der Waals surface area (Å²) in [5.74, 6) is 0. The molecule has 0 atom stereocenters. The van der Waals surface area contributed by atoms with E-state index in [1.807, 2.05) is 0 Å². The van der Waals surface area contributed by atoms with Gasteiger partial charge in [-0.15, -0.1) is 0 Å². The summed E-state index contributed by atoms with van der Waals surface area (Å²) in [4.78, 5) is 2.41. The van der Waals surface area contributed by atoms with Crippen LogP contribution in [0.1, 0.15) is 25.0 Å². The van der Waals surface area contributed by atoms with Gasteiger partial charge in [0.2, 0.25) is 0 Å². The molecular weight excluding hydrogens is 244 g/mol. The molecule has 0 unspecified atom stereocenters. The number of rotatable bonds is 4. The zero-order valence-electron chi connectivity index (χ0n) is 12.3. The van der Waals surface area contributed by atoms with Crippen molar-refractivity contribution in [2.24, 2.45) is 0 Å². The van der Waals surface area contributed by atoms with E-state index in [0.29, 0.717) is 6.04 Å². The summed E-state index contributed by atoms with van der Waals surface area (Å²) in [5, 5.41) is 3.45. The van der Waals surface area contributed by atoms with Gasteiger partial charge in [0.25, 0.3) is 0 Å². The van der Waals surface area contributed by atoms with Crippen LogP contribution < -0.4 is 10.2 Å². The third kappa shape index (κ3) is 2.70. The third-order valence-electron chi connectivity index (χ3n) is 3.85. The fraction of sp³-hybridized carbons (Fsp3) is 0.333. The molecule has 0 amide bonds. The number of anilines is 2. The Bertz CT molecular complexity index is 572. The molecule has 1 heterocycles. The van der Waals surface area contributed by atoms with Crippen LogP contribution >= 0.6 is 0 Å². The molecular formula is C18H22N2. The lowest BCUT2D eigenvalue weighted by Crippen LogP contribution is -2.21. The van der Waals surface area contributed by atoms with Crippen LogP contribution in [0, 0.1) is 0 Å². The van der Waals surface area contributed by atoms with Crippen LogP contribution in [-0.2, 0) is 13.0 Å². The summed E-state index contributed by atoms with van der Waals surface area (Å²) in [6.07, 6.45) is 1.15. The topological polar surface area (TPSA) is 15.3 Å². The highest BCUT2D eigenvalue weighted by Gasteiger charge is 2.19. The second-order valence-corrected chi connectivity index (χ2v) is 5.73. The molecule has 2 aromatic carbocycles. The van der Waals surface area contributed by atoms with E-state index in [9.17, 15) is 0 Å². The van der Waals surface area contributed by atoms with Crippen molar-refractivity contribution in [1.82, 2.24) is 5.32 Å². The van der Waals surface area contributed by atoms with Crippen molar-refractivity contribution in [3.05, 3.63) is 59.7 Å². The van der Waals surface area contributed by atoms with Crippen LogP contribution in [0.2, 0.25) is 0 Å². The van der Waals surface area contributed by atoms with Gasteiger partial charge in [0, 0.05) is 30.5 Å². The molecule has 2 aromatic rings. The van der Waals surface area contributed by atoms with E-state index in [1.54, 1.807) is 0 Å². The minimum Gasteiger partial charge on any atom is -0.341 e. The maximum Gasteiger partial charge on any atom is 0.0444 e. The van der Waals surface area contributed by atoms with Crippen molar-refractivity contribution in [3.8, 4) is 0 Å². The number of hydrogen-bond acceptors (Lipinski definition) is 2. The van der Waals surface area contributed by atoms with Crippen molar-refractivity contribution in [2.75, 3.05) is 11.4 Å². The maximum absolute atomic E-state index is 3.45. The summed E-state index contributed by atoms with van der Waals surface area (Å²) in [6.45, 7) is 6.38. The van der Waals surface area contributed by atoms with Crippen LogP contribution in [0.15, 0.2) is 48.5 Å². The van der Waals surface area contributed by atoms with Gasteiger partial charge in [0.05, 0.1) is 0 Å². The molecule has 1 N–H and O–H groups in total. The Morgan fingerprint density at radius 2 is 1.80 bits per heavy atom. The predicted octanol–water partition coefficient (Wildman–Crippen LogP) is 3.88. The molecule has 0 bridgehead atoms. The Balaban J connectivity index is 1.76. The molecule has 2 nitrogen and oxygen atoms in total. The Morgan fingerprint density at radius 3 is 2.55 bits per heavy atom. The minimum absolute atomic E-state index is 0.528. The zero-order chi connectivity index (χ0) is 13.9. The molecule has 1 aliphatic heterocycles. The van der Waals surface area contributed by atoms with Gasteiger partial charge in [-0.3, -0.25) is 0 Å². The molecule has 0 fully saturated rings. The number of hydrogen-bond donors (Lipinski definition) is 1. The van der Waals surface area contributed by atoms with Gasteiger partial charge in [-0.25, -0.2) is 0 Å². The third-order valence-corrected chi connectivity index (χ3v) is 3.85. The standard InChI is InChI=1S/C18H22N2/c1-14(2)19-13-15-7-9-17(10-8-15)20-12-11-16-5-3-4-6-18(16)20/h3-10,14,19H,11-13H2,1-2H3. The summed E-state index contributed by atoms with van der Waals surface area (Å²) in [6, 6.07) is 18.2. The summed E-state index contributed by atoms with van der Waals surface area (Å²) < 4.78 is 0. The van der Waals surface area contributed by atoms with Crippen LogP contribution in [0.5, 0.6) is 0 Å². The van der Waals surface area contributed by atoms with Gasteiger partial charge in [-0.2, -0.15) is 0 Å². The van der Waals surface area contributed by atoms with Crippen molar-refractivity contribution >= 4 is 11.4 Å². The number of benzene rings is 2. The van der Waals surface area contributed by atoms with Crippen LogP contribution in [0.4, 0.5) is 11.4 Å². The molecule has 0 spiro atoms. The number of nitrogens with one attached hydrogen (secondary N) is 1. The van der Waals surface area contributed by atoms with Gasteiger partial charge in [0.15, 0.2) is 0 Å². The van der Waals surface area contributed by atoms with Crippen LogP contribution in [-0.4, -0.2) is 12.6 Å². The Morgan fingerprint density at radius 1 is 1.05 bits per heavy atom. The van der Waals surface area contributed by atoms with Gasteiger partial charge >= 0.3 is 0 Å². The largest absolute Gasteiger partial charge is 0.341 e. The van der Waals surface area contributed by atoms with E-state index >= 15 is 0 Å². The number of fused-ring (bicyclic) bond motifs is 1. The normalized spacial score (nSPS) is 13.8. The van der Waals surface area contributed by atoms with E-state index in [-0.39, 0.29) is 0 Å². The molecule has 0 saturated heterocycles. The SMILES string of the molecule is CC(C)NCc1ccc(N2CCc3ccccc32)cc1. The average molecular weight is 266 g/mol. The van der Waals surface area contributed by atoms with Gasteiger partial charge < -0.3 is 10.2 Å². The van der Waals surface area contributed by atoms with Crippen LogP contribution in [0.3, 0.4) is 0 Å². The first kappa shape index (κ1) is 13.2. The van der Waals surface area contributed by atoms with Gasteiger partial charge in [-0.1, -0.05) is 44.2 Å². The monoisotopic (exact) mass is 266 g/mol. The molecule has 0 aromatic heterocycles. The van der Waals surface area contributed by atoms with Crippen molar-refractivity contribution in [2.45, 2.75) is 32.9 Å². The van der Waals surface area contributed by atoms with E-state index < -0.39 is 0 Å². The molecule has 0 radical (unpaired) electrons. The van der Waals surface area contributed by atoms with Crippen molar-refractivity contribution in [3.63, 3.8) is 0 Å². The highest BCUT2D eigenvalue weighted by Crippen LogP contribution is 2.34. The predicted molar refractivity (Wildman–Crippen MR) is 85.6 cm³/mol. The van der Waals surface area contributed by atoms with Crippen molar-refractivity contribution < 1.29 is 0 Å². The highest BCUT2D eigenvalue weighted by molar-refractivity contribution is 5.69. The molecule has 0 saturated carbocycles. The fourth-order valence-corrected chi connectivity index (χ4v) is 2.72. The van der Waals surface area contributed by atoms with Gasteiger partial charge in [-0.05, 0) is 35.7 Å². The summed E-state index contributed by atoms with van der Waals surface area (Å²) >= 11 is 0. The number of nitrogens with zero attached hydrogens (tertiary/aromatic N) is 1. The smallest absolute Gasteiger partial charge is 0.0444 e.